The molecule has 1 aliphatic rings. The van der Waals surface area contributed by atoms with Crippen molar-refractivity contribution in [3.63, 3.8) is 0 Å². The van der Waals surface area contributed by atoms with Gasteiger partial charge >= 0.3 is 12.3 Å². The molecule has 0 atom stereocenters. The number of hydrogen-bond acceptors (Lipinski definition) is 3. The van der Waals surface area contributed by atoms with Gasteiger partial charge in [0.1, 0.15) is 6.61 Å². The summed E-state index contributed by atoms with van der Waals surface area (Å²) < 4.78 is 43.5. The van der Waals surface area contributed by atoms with Gasteiger partial charge < -0.3 is 14.5 Å². The highest BCUT2D eigenvalue weighted by atomic mass is 19.4. The van der Waals surface area contributed by atoms with Crippen molar-refractivity contribution >= 4 is 6.09 Å². The van der Waals surface area contributed by atoms with Gasteiger partial charge in [-0.25, -0.2) is 4.79 Å². The molecular formula is C14H17F3N2O2. The lowest BCUT2D eigenvalue weighted by molar-refractivity contribution is -0.138. The molecule has 0 bridgehead atoms. The zero-order chi connectivity index (χ0) is 15.5. The monoisotopic (exact) mass is 302 g/mol. The Morgan fingerprint density at radius 3 is 2.67 bits per heavy atom. The maximum atomic E-state index is 12.9. The van der Waals surface area contributed by atoms with Crippen molar-refractivity contribution in [2.24, 2.45) is 0 Å². The summed E-state index contributed by atoms with van der Waals surface area (Å²) in [4.78, 5) is 14.6. The summed E-state index contributed by atoms with van der Waals surface area (Å²) >= 11 is 0. The number of carbonyl (C=O) groups is 1. The standard InChI is InChI=1S/C14H17F3N2O2/c1-18(6-7-19-8-9-21-13(19)20)10-11-4-2-3-5-12(11)14(15,16)17/h2-5H,6-10H2,1H3. The number of halogens is 3. The smallest absolute Gasteiger partial charge is 0.416 e. The second-order valence-electron chi connectivity index (χ2n) is 4.99. The van der Waals surface area contributed by atoms with Gasteiger partial charge in [0.2, 0.25) is 0 Å². The quantitative estimate of drug-likeness (QED) is 0.838. The fourth-order valence-corrected chi connectivity index (χ4v) is 2.22. The number of cyclic esters (lactones) is 1. The molecule has 1 aliphatic heterocycles. The highest BCUT2D eigenvalue weighted by molar-refractivity contribution is 5.69. The third-order valence-corrected chi connectivity index (χ3v) is 3.36. The lowest BCUT2D eigenvalue weighted by Crippen LogP contribution is -2.33. The molecule has 1 amide bonds. The predicted octanol–water partition coefficient (Wildman–Crippen LogP) is 2.59. The fraction of sp³-hybridized carbons (Fsp3) is 0.500. The zero-order valence-corrected chi connectivity index (χ0v) is 11.7. The number of benzene rings is 1. The van der Waals surface area contributed by atoms with Crippen LogP contribution in [0.1, 0.15) is 11.1 Å². The van der Waals surface area contributed by atoms with Gasteiger partial charge in [0, 0.05) is 19.6 Å². The minimum Gasteiger partial charge on any atom is -0.448 e. The van der Waals surface area contributed by atoms with Crippen molar-refractivity contribution in [2.45, 2.75) is 12.7 Å². The molecule has 0 unspecified atom stereocenters. The Kier molecular flexibility index (Phi) is 4.72. The molecule has 1 saturated heterocycles. The van der Waals surface area contributed by atoms with Crippen molar-refractivity contribution in [1.29, 1.82) is 0 Å². The predicted molar refractivity (Wildman–Crippen MR) is 70.7 cm³/mol. The van der Waals surface area contributed by atoms with Crippen LogP contribution in [0.25, 0.3) is 0 Å². The van der Waals surface area contributed by atoms with E-state index in [0.29, 0.717) is 26.2 Å². The number of amides is 1. The average Bonchev–Trinajstić information content (AvgIpc) is 2.81. The molecular weight excluding hydrogens is 285 g/mol. The molecule has 0 N–H and O–H groups in total. The Morgan fingerprint density at radius 1 is 1.33 bits per heavy atom. The van der Waals surface area contributed by atoms with E-state index < -0.39 is 11.7 Å². The Balaban J connectivity index is 1.93. The van der Waals surface area contributed by atoms with Crippen molar-refractivity contribution in [3.05, 3.63) is 35.4 Å². The van der Waals surface area contributed by atoms with Gasteiger partial charge in [-0.05, 0) is 18.7 Å². The summed E-state index contributed by atoms with van der Waals surface area (Å²) in [5, 5.41) is 0. The van der Waals surface area contributed by atoms with Crippen LogP contribution in [0.4, 0.5) is 18.0 Å². The van der Waals surface area contributed by atoms with Crippen molar-refractivity contribution in [2.75, 3.05) is 33.3 Å². The molecule has 0 aliphatic carbocycles. The van der Waals surface area contributed by atoms with Gasteiger partial charge in [0.25, 0.3) is 0 Å². The molecule has 7 heteroatoms. The molecule has 21 heavy (non-hydrogen) atoms. The van der Waals surface area contributed by atoms with Crippen LogP contribution in [-0.2, 0) is 17.5 Å². The van der Waals surface area contributed by atoms with Crippen LogP contribution < -0.4 is 0 Å². The van der Waals surface area contributed by atoms with E-state index in [1.54, 1.807) is 22.9 Å². The molecule has 1 aromatic rings. The Bertz CT molecular complexity index is 505. The van der Waals surface area contributed by atoms with Crippen LogP contribution in [0.15, 0.2) is 24.3 Å². The zero-order valence-electron chi connectivity index (χ0n) is 11.7. The first kappa shape index (κ1) is 15.6. The Labute approximate surface area is 121 Å². The van der Waals surface area contributed by atoms with E-state index in [4.69, 9.17) is 4.74 Å². The summed E-state index contributed by atoms with van der Waals surface area (Å²) in [7, 11) is 1.73. The van der Waals surface area contributed by atoms with Crippen LogP contribution in [0.5, 0.6) is 0 Å². The van der Waals surface area contributed by atoms with Crippen LogP contribution in [0.2, 0.25) is 0 Å². The number of hydrogen-bond donors (Lipinski definition) is 0. The molecule has 2 rings (SSSR count). The normalized spacial score (nSPS) is 15.7. The topological polar surface area (TPSA) is 32.8 Å². The highest BCUT2D eigenvalue weighted by Gasteiger charge is 2.33. The number of rotatable bonds is 5. The maximum absolute atomic E-state index is 12.9. The lowest BCUT2D eigenvalue weighted by atomic mass is 10.1. The van der Waals surface area contributed by atoms with Crippen LogP contribution >= 0.6 is 0 Å². The van der Waals surface area contributed by atoms with Gasteiger partial charge in [0.15, 0.2) is 0 Å². The van der Waals surface area contributed by atoms with Gasteiger partial charge in [-0.1, -0.05) is 18.2 Å². The van der Waals surface area contributed by atoms with E-state index in [0.717, 1.165) is 6.07 Å². The van der Waals surface area contributed by atoms with Crippen molar-refractivity contribution in [3.8, 4) is 0 Å². The summed E-state index contributed by atoms with van der Waals surface area (Å²) in [5.41, 5.74) is -0.381. The molecule has 4 nitrogen and oxygen atoms in total. The van der Waals surface area contributed by atoms with Crippen molar-refractivity contribution < 1.29 is 22.7 Å². The average molecular weight is 302 g/mol. The number of nitrogens with zero attached hydrogens (tertiary/aromatic N) is 2. The molecule has 116 valence electrons. The largest absolute Gasteiger partial charge is 0.448 e. The van der Waals surface area contributed by atoms with E-state index in [9.17, 15) is 18.0 Å². The Hall–Kier alpha value is -1.76. The molecule has 1 heterocycles. The van der Waals surface area contributed by atoms with Gasteiger partial charge in [-0.15, -0.1) is 0 Å². The molecule has 0 saturated carbocycles. The van der Waals surface area contributed by atoms with Gasteiger partial charge in [0.05, 0.1) is 12.1 Å². The van der Waals surface area contributed by atoms with E-state index in [-0.39, 0.29) is 18.2 Å². The van der Waals surface area contributed by atoms with Crippen LogP contribution in [0, 0.1) is 0 Å². The van der Waals surface area contributed by atoms with E-state index >= 15 is 0 Å². The third-order valence-electron chi connectivity index (χ3n) is 3.36. The molecule has 0 radical (unpaired) electrons. The first-order chi connectivity index (χ1) is 9.88. The van der Waals surface area contributed by atoms with Crippen LogP contribution in [-0.4, -0.2) is 49.2 Å². The highest BCUT2D eigenvalue weighted by Crippen LogP contribution is 2.32. The summed E-state index contributed by atoms with van der Waals surface area (Å²) in [6, 6.07) is 5.53. The number of likely N-dealkylation sites (N-methyl/N-ethyl adjacent to an activating group) is 1. The minimum absolute atomic E-state index is 0.179. The number of ether oxygens (including phenoxy) is 1. The third kappa shape index (κ3) is 4.10. The molecule has 0 aromatic heterocycles. The molecule has 0 spiro atoms. The fourth-order valence-electron chi connectivity index (χ4n) is 2.22. The Morgan fingerprint density at radius 2 is 2.05 bits per heavy atom. The molecule has 1 fully saturated rings. The summed E-state index contributed by atoms with van der Waals surface area (Å²) in [6.07, 6.45) is -4.71. The second-order valence-corrected chi connectivity index (χ2v) is 4.99. The summed E-state index contributed by atoms with van der Waals surface area (Å²) in [6.45, 7) is 2.02. The SMILES string of the molecule is CN(CCN1CCOC1=O)Cc1ccccc1C(F)(F)F. The second kappa shape index (κ2) is 6.34. The maximum Gasteiger partial charge on any atom is 0.416 e. The van der Waals surface area contributed by atoms with E-state index in [1.807, 2.05) is 0 Å². The number of alkyl halides is 3. The minimum atomic E-state index is -4.35. The molecule has 1 aromatic carbocycles. The first-order valence-electron chi connectivity index (χ1n) is 6.63. The van der Waals surface area contributed by atoms with Crippen molar-refractivity contribution in [1.82, 2.24) is 9.80 Å². The van der Waals surface area contributed by atoms with Gasteiger partial charge in [-0.3, -0.25) is 0 Å². The van der Waals surface area contributed by atoms with E-state index in [1.165, 1.54) is 12.1 Å². The van der Waals surface area contributed by atoms with E-state index in [2.05, 4.69) is 0 Å². The first-order valence-corrected chi connectivity index (χ1v) is 6.63. The lowest BCUT2D eigenvalue weighted by Gasteiger charge is -2.22. The van der Waals surface area contributed by atoms with Gasteiger partial charge in [-0.2, -0.15) is 13.2 Å². The summed E-state index contributed by atoms with van der Waals surface area (Å²) in [5.74, 6) is 0. The number of carbonyl (C=O) groups excluding carboxylic acids is 1. The van der Waals surface area contributed by atoms with Crippen LogP contribution in [0.3, 0.4) is 0 Å².